The van der Waals surface area contributed by atoms with Crippen LogP contribution in [-0.4, -0.2) is 18.0 Å². The number of hydrogen-bond acceptors (Lipinski definition) is 1. The van der Waals surface area contributed by atoms with Crippen molar-refractivity contribution in [2.75, 3.05) is 13.1 Å². The number of hydrogen-bond donors (Lipinski definition) is 0. The van der Waals surface area contributed by atoms with Crippen LogP contribution in [-0.2, 0) is 0 Å². The fraction of sp³-hybridized carbons (Fsp3) is 0.500. The summed E-state index contributed by atoms with van der Waals surface area (Å²) in [7, 11) is 0. The van der Waals surface area contributed by atoms with Gasteiger partial charge in [-0.05, 0) is 24.3 Å². The van der Waals surface area contributed by atoms with Crippen LogP contribution in [0.25, 0.3) is 0 Å². The zero-order valence-electron chi connectivity index (χ0n) is 11.2. The SMILES string of the molecule is C=C(C)N1CC(c2ccccc2)C(C(C)C)C1. The minimum Gasteiger partial charge on any atom is -0.375 e. The van der Waals surface area contributed by atoms with Crippen molar-refractivity contribution in [3.05, 3.63) is 48.2 Å². The Morgan fingerprint density at radius 3 is 2.41 bits per heavy atom. The van der Waals surface area contributed by atoms with Gasteiger partial charge in [-0.2, -0.15) is 0 Å². The molecule has 1 aliphatic rings. The van der Waals surface area contributed by atoms with Gasteiger partial charge in [-0.25, -0.2) is 0 Å². The van der Waals surface area contributed by atoms with Crippen LogP contribution < -0.4 is 0 Å². The lowest BCUT2D eigenvalue weighted by Gasteiger charge is -2.21. The van der Waals surface area contributed by atoms with Crippen LogP contribution in [0.4, 0.5) is 0 Å². The number of benzene rings is 1. The van der Waals surface area contributed by atoms with Crippen molar-refractivity contribution in [1.82, 2.24) is 4.90 Å². The molecule has 0 N–H and O–H groups in total. The molecule has 0 saturated carbocycles. The molecule has 0 amide bonds. The second-order valence-corrected chi connectivity index (χ2v) is 5.57. The van der Waals surface area contributed by atoms with Crippen LogP contribution in [0.2, 0.25) is 0 Å². The monoisotopic (exact) mass is 229 g/mol. The largest absolute Gasteiger partial charge is 0.375 e. The molecule has 1 heterocycles. The van der Waals surface area contributed by atoms with Crippen LogP contribution >= 0.6 is 0 Å². The molecule has 0 bridgehead atoms. The number of allylic oxidation sites excluding steroid dienone is 1. The molecule has 1 fully saturated rings. The first-order chi connectivity index (χ1) is 8.09. The van der Waals surface area contributed by atoms with E-state index in [-0.39, 0.29) is 0 Å². The van der Waals surface area contributed by atoms with Crippen molar-refractivity contribution in [2.45, 2.75) is 26.7 Å². The van der Waals surface area contributed by atoms with E-state index in [9.17, 15) is 0 Å². The Bertz CT molecular complexity index is 380. The average molecular weight is 229 g/mol. The highest BCUT2D eigenvalue weighted by atomic mass is 15.2. The maximum atomic E-state index is 4.08. The molecule has 17 heavy (non-hydrogen) atoms. The van der Waals surface area contributed by atoms with Crippen LogP contribution in [0.5, 0.6) is 0 Å². The molecule has 2 atom stereocenters. The Labute approximate surface area is 105 Å². The summed E-state index contributed by atoms with van der Waals surface area (Å²) in [5, 5.41) is 0. The molecule has 1 nitrogen and oxygen atoms in total. The normalized spacial score (nSPS) is 24.4. The maximum absolute atomic E-state index is 4.08. The van der Waals surface area contributed by atoms with Crippen molar-refractivity contribution in [3.63, 3.8) is 0 Å². The van der Waals surface area contributed by atoms with Gasteiger partial charge in [0.15, 0.2) is 0 Å². The van der Waals surface area contributed by atoms with Gasteiger partial charge in [-0.15, -0.1) is 0 Å². The third-order valence-electron chi connectivity index (χ3n) is 3.99. The first kappa shape index (κ1) is 12.2. The predicted molar refractivity (Wildman–Crippen MR) is 73.9 cm³/mol. The zero-order chi connectivity index (χ0) is 12.4. The second kappa shape index (κ2) is 4.95. The molecule has 0 spiro atoms. The van der Waals surface area contributed by atoms with Gasteiger partial charge in [0, 0.05) is 24.7 Å². The molecule has 1 aromatic carbocycles. The van der Waals surface area contributed by atoms with E-state index in [1.54, 1.807) is 0 Å². The van der Waals surface area contributed by atoms with E-state index in [0.29, 0.717) is 5.92 Å². The van der Waals surface area contributed by atoms with Gasteiger partial charge >= 0.3 is 0 Å². The van der Waals surface area contributed by atoms with Crippen molar-refractivity contribution >= 4 is 0 Å². The Morgan fingerprint density at radius 1 is 1.24 bits per heavy atom. The lowest BCUT2D eigenvalue weighted by atomic mass is 9.82. The first-order valence-electron chi connectivity index (χ1n) is 6.55. The highest BCUT2D eigenvalue weighted by molar-refractivity contribution is 5.23. The summed E-state index contributed by atoms with van der Waals surface area (Å²) in [5.41, 5.74) is 2.68. The Kier molecular flexibility index (Phi) is 3.56. The lowest BCUT2D eigenvalue weighted by Crippen LogP contribution is -2.19. The predicted octanol–water partition coefficient (Wildman–Crippen LogP) is 3.89. The summed E-state index contributed by atoms with van der Waals surface area (Å²) >= 11 is 0. The smallest absolute Gasteiger partial charge is 0.0247 e. The number of likely N-dealkylation sites (tertiary alicyclic amines) is 1. The summed E-state index contributed by atoms with van der Waals surface area (Å²) in [6, 6.07) is 10.9. The van der Waals surface area contributed by atoms with E-state index in [2.05, 4.69) is 62.6 Å². The summed E-state index contributed by atoms with van der Waals surface area (Å²) in [6.07, 6.45) is 0. The van der Waals surface area contributed by atoms with E-state index in [1.165, 1.54) is 11.3 Å². The molecule has 2 rings (SSSR count). The molecule has 0 radical (unpaired) electrons. The molecule has 1 saturated heterocycles. The molecule has 2 unspecified atom stereocenters. The molecule has 1 aliphatic heterocycles. The summed E-state index contributed by atoms with van der Waals surface area (Å²) in [5.74, 6) is 2.13. The van der Waals surface area contributed by atoms with Crippen LogP contribution in [0.3, 0.4) is 0 Å². The fourth-order valence-electron chi connectivity index (χ4n) is 2.87. The molecule has 0 aromatic heterocycles. The third-order valence-corrected chi connectivity index (χ3v) is 3.99. The van der Waals surface area contributed by atoms with E-state index in [0.717, 1.165) is 24.9 Å². The van der Waals surface area contributed by atoms with Gasteiger partial charge in [0.1, 0.15) is 0 Å². The molecule has 0 aliphatic carbocycles. The van der Waals surface area contributed by atoms with Crippen molar-refractivity contribution < 1.29 is 0 Å². The van der Waals surface area contributed by atoms with E-state index < -0.39 is 0 Å². The van der Waals surface area contributed by atoms with Crippen molar-refractivity contribution in [2.24, 2.45) is 11.8 Å². The Balaban J connectivity index is 2.23. The first-order valence-corrected chi connectivity index (χ1v) is 6.55. The van der Waals surface area contributed by atoms with Gasteiger partial charge in [-0.3, -0.25) is 0 Å². The molecule has 1 aromatic rings. The molecule has 92 valence electrons. The molecule has 1 heteroatoms. The topological polar surface area (TPSA) is 3.24 Å². The highest BCUT2D eigenvalue weighted by Gasteiger charge is 2.35. The summed E-state index contributed by atoms with van der Waals surface area (Å²) in [6.45, 7) is 13.2. The van der Waals surface area contributed by atoms with Gasteiger partial charge in [0.2, 0.25) is 0 Å². The number of nitrogens with zero attached hydrogens (tertiary/aromatic N) is 1. The quantitative estimate of drug-likeness (QED) is 0.760. The van der Waals surface area contributed by atoms with Gasteiger partial charge < -0.3 is 4.90 Å². The average Bonchev–Trinajstić information content (AvgIpc) is 2.75. The summed E-state index contributed by atoms with van der Waals surface area (Å²) in [4.78, 5) is 2.43. The second-order valence-electron chi connectivity index (χ2n) is 5.57. The van der Waals surface area contributed by atoms with Crippen LogP contribution in [0.15, 0.2) is 42.6 Å². The van der Waals surface area contributed by atoms with Crippen molar-refractivity contribution in [1.29, 1.82) is 0 Å². The number of rotatable bonds is 3. The third kappa shape index (κ3) is 2.54. The standard InChI is InChI=1S/C16H23N/c1-12(2)15-10-17(13(3)4)11-16(15)14-8-6-5-7-9-14/h5-9,12,15-16H,3,10-11H2,1-2,4H3. The van der Waals surface area contributed by atoms with Crippen LogP contribution in [0.1, 0.15) is 32.3 Å². The van der Waals surface area contributed by atoms with E-state index >= 15 is 0 Å². The highest BCUT2D eigenvalue weighted by Crippen LogP contribution is 2.38. The van der Waals surface area contributed by atoms with Crippen LogP contribution in [0, 0.1) is 11.8 Å². The molecular weight excluding hydrogens is 206 g/mol. The lowest BCUT2D eigenvalue weighted by molar-refractivity contribution is 0.349. The van der Waals surface area contributed by atoms with Crippen molar-refractivity contribution in [3.8, 4) is 0 Å². The van der Waals surface area contributed by atoms with E-state index in [1.807, 2.05) is 0 Å². The van der Waals surface area contributed by atoms with Gasteiger partial charge in [0.25, 0.3) is 0 Å². The minimum atomic E-state index is 0.660. The van der Waals surface area contributed by atoms with Gasteiger partial charge in [0.05, 0.1) is 0 Å². The minimum absolute atomic E-state index is 0.660. The van der Waals surface area contributed by atoms with Gasteiger partial charge in [-0.1, -0.05) is 50.8 Å². The Morgan fingerprint density at radius 2 is 1.88 bits per heavy atom. The maximum Gasteiger partial charge on any atom is 0.0247 e. The molecular formula is C16H23N. The summed E-state index contributed by atoms with van der Waals surface area (Å²) < 4.78 is 0. The Hall–Kier alpha value is -1.24. The zero-order valence-corrected chi connectivity index (χ0v) is 11.2. The fourth-order valence-corrected chi connectivity index (χ4v) is 2.87. The van der Waals surface area contributed by atoms with E-state index in [4.69, 9.17) is 0 Å².